The van der Waals surface area contributed by atoms with Gasteiger partial charge >= 0.3 is 17.9 Å². The summed E-state index contributed by atoms with van der Waals surface area (Å²) in [6.07, 6.45) is -1.78. The number of nitrogens with one attached hydrogen (secondary N) is 2. The van der Waals surface area contributed by atoms with E-state index in [2.05, 4.69) is 10.6 Å². The molecule has 0 aromatic heterocycles. The van der Waals surface area contributed by atoms with Crippen LogP contribution < -0.4 is 22.1 Å². The van der Waals surface area contributed by atoms with Crippen LogP contribution in [0.4, 0.5) is 0 Å². The first-order chi connectivity index (χ1) is 15.3. The highest BCUT2D eigenvalue weighted by Gasteiger charge is 2.39. The van der Waals surface area contributed by atoms with Gasteiger partial charge in [0.2, 0.25) is 23.6 Å². The lowest BCUT2D eigenvalue weighted by Gasteiger charge is -2.28. The van der Waals surface area contributed by atoms with Crippen LogP contribution in [0.25, 0.3) is 0 Å². The first-order valence-electron chi connectivity index (χ1n) is 9.95. The minimum absolute atomic E-state index is 0.0641. The lowest BCUT2D eigenvalue weighted by molar-refractivity contribution is -0.150. The van der Waals surface area contributed by atoms with Crippen LogP contribution in [0, 0.1) is 0 Å². The number of carbonyl (C=O) groups is 7. The van der Waals surface area contributed by atoms with Crippen LogP contribution in [-0.2, 0) is 33.6 Å². The molecule has 33 heavy (non-hydrogen) atoms. The van der Waals surface area contributed by atoms with Gasteiger partial charge in [-0.15, -0.1) is 0 Å². The zero-order valence-corrected chi connectivity index (χ0v) is 17.6. The molecule has 1 aliphatic heterocycles. The highest BCUT2D eigenvalue weighted by atomic mass is 16.4. The fourth-order valence-electron chi connectivity index (χ4n) is 3.23. The van der Waals surface area contributed by atoms with E-state index in [1.54, 1.807) is 0 Å². The molecule has 0 aliphatic carbocycles. The molecule has 4 atom stereocenters. The van der Waals surface area contributed by atoms with Crippen molar-refractivity contribution in [3.8, 4) is 0 Å². The molecule has 9 N–H and O–H groups in total. The van der Waals surface area contributed by atoms with E-state index in [-0.39, 0.29) is 19.4 Å². The number of aliphatic carboxylic acids is 3. The molecular weight excluding hydrogens is 446 g/mol. The number of carboxylic acid groups (broad SMARTS) is 3. The Bertz CT molecular complexity index is 816. The van der Waals surface area contributed by atoms with Crippen LogP contribution in [0.2, 0.25) is 0 Å². The normalized spacial score (nSPS) is 18.0. The Morgan fingerprint density at radius 1 is 0.909 bits per heavy atom. The monoisotopic (exact) mass is 473 g/mol. The number of amides is 4. The maximum atomic E-state index is 12.8. The zero-order chi connectivity index (χ0) is 25.3. The number of hydrogen-bond acceptors (Lipinski definition) is 8. The lowest BCUT2D eigenvalue weighted by Crippen LogP contribution is -2.58. The summed E-state index contributed by atoms with van der Waals surface area (Å²) in [7, 11) is 0. The summed E-state index contributed by atoms with van der Waals surface area (Å²) in [5, 5.41) is 31.2. The molecule has 0 spiro atoms. The number of carbonyl (C=O) groups excluding carboxylic acids is 4. The molecule has 15 nitrogen and oxygen atoms in total. The van der Waals surface area contributed by atoms with E-state index in [1.165, 1.54) is 0 Å². The minimum Gasteiger partial charge on any atom is -0.481 e. The molecule has 0 radical (unpaired) electrons. The van der Waals surface area contributed by atoms with Gasteiger partial charge in [0, 0.05) is 13.0 Å². The third kappa shape index (κ3) is 8.72. The second-order valence-electron chi connectivity index (χ2n) is 7.46. The molecule has 1 fully saturated rings. The van der Waals surface area contributed by atoms with Crippen molar-refractivity contribution >= 4 is 41.5 Å². The van der Waals surface area contributed by atoms with Crippen molar-refractivity contribution in [2.75, 3.05) is 6.54 Å². The van der Waals surface area contributed by atoms with Gasteiger partial charge in [0.1, 0.15) is 18.1 Å². The molecule has 1 saturated heterocycles. The average Bonchev–Trinajstić information content (AvgIpc) is 3.19. The Morgan fingerprint density at radius 2 is 1.52 bits per heavy atom. The zero-order valence-electron chi connectivity index (χ0n) is 17.6. The van der Waals surface area contributed by atoms with Gasteiger partial charge in [0.05, 0.1) is 18.9 Å². The number of hydrogen-bond donors (Lipinski definition) is 7. The predicted molar refractivity (Wildman–Crippen MR) is 107 cm³/mol. The van der Waals surface area contributed by atoms with Crippen molar-refractivity contribution in [3.63, 3.8) is 0 Å². The molecule has 0 aromatic rings. The fourth-order valence-corrected chi connectivity index (χ4v) is 3.23. The number of primary amides is 1. The van der Waals surface area contributed by atoms with Crippen LogP contribution in [0.1, 0.15) is 38.5 Å². The largest absolute Gasteiger partial charge is 0.481 e. The first-order valence-corrected chi connectivity index (χ1v) is 9.95. The summed E-state index contributed by atoms with van der Waals surface area (Å²) in [4.78, 5) is 83.2. The van der Waals surface area contributed by atoms with Crippen molar-refractivity contribution in [2.24, 2.45) is 11.5 Å². The van der Waals surface area contributed by atoms with Gasteiger partial charge in [0.25, 0.3) is 0 Å². The number of nitrogens with zero attached hydrogens (tertiary/aromatic N) is 1. The van der Waals surface area contributed by atoms with Gasteiger partial charge in [-0.1, -0.05) is 0 Å². The van der Waals surface area contributed by atoms with Crippen LogP contribution >= 0.6 is 0 Å². The summed E-state index contributed by atoms with van der Waals surface area (Å²) in [5.74, 6) is -8.01. The maximum Gasteiger partial charge on any atom is 0.326 e. The quantitative estimate of drug-likeness (QED) is 0.138. The van der Waals surface area contributed by atoms with E-state index < -0.39 is 85.0 Å². The Morgan fingerprint density at radius 3 is 2.03 bits per heavy atom. The SMILES string of the molecule is NC(=O)C[C@H](NC(=O)[C@H](CC(=O)O)NC(=O)[C@@H](N)CCC(=O)O)C(=O)N1CCC[C@H]1C(=O)O. The Labute approximate surface area is 187 Å². The molecule has 15 heteroatoms. The number of carboxylic acids is 3. The van der Waals surface area contributed by atoms with Crippen LogP contribution in [0.15, 0.2) is 0 Å². The van der Waals surface area contributed by atoms with Crippen LogP contribution in [0.5, 0.6) is 0 Å². The van der Waals surface area contributed by atoms with E-state index in [0.29, 0.717) is 6.42 Å². The number of rotatable bonds is 13. The van der Waals surface area contributed by atoms with Gasteiger partial charge in [-0.05, 0) is 19.3 Å². The summed E-state index contributed by atoms with van der Waals surface area (Å²) < 4.78 is 0. The van der Waals surface area contributed by atoms with Crippen molar-refractivity contribution in [1.29, 1.82) is 0 Å². The smallest absolute Gasteiger partial charge is 0.326 e. The standard InChI is InChI=1S/C18H27N5O10/c19-8(3-4-13(25)26)15(29)21-9(7-14(27)28)16(30)22-10(6-12(20)24)17(31)23-5-1-2-11(23)18(32)33/h8-11H,1-7,19H2,(H2,20,24)(H,21,29)(H,22,30)(H,25,26)(H,27,28)(H,32,33)/t8-,9-,10-,11-/m0/s1. The number of nitrogens with two attached hydrogens (primary N) is 2. The highest BCUT2D eigenvalue weighted by molar-refractivity contribution is 5.97. The highest BCUT2D eigenvalue weighted by Crippen LogP contribution is 2.19. The molecule has 1 aliphatic rings. The van der Waals surface area contributed by atoms with E-state index in [1.807, 2.05) is 0 Å². The topological polar surface area (TPSA) is 260 Å². The Balaban J connectivity index is 2.99. The van der Waals surface area contributed by atoms with Crippen molar-refractivity contribution in [1.82, 2.24) is 15.5 Å². The van der Waals surface area contributed by atoms with Gasteiger partial charge in [-0.25, -0.2) is 4.79 Å². The first kappa shape index (κ1) is 27.3. The van der Waals surface area contributed by atoms with Crippen LogP contribution in [-0.4, -0.2) is 92.5 Å². The summed E-state index contributed by atoms with van der Waals surface area (Å²) in [6.45, 7) is 0.0641. The molecule has 4 amide bonds. The van der Waals surface area contributed by atoms with Gasteiger partial charge < -0.3 is 42.3 Å². The van der Waals surface area contributed by atoms with E-state index >= 15 is 0 Å². The van der Waals surface area contributed by atoms with Gasteiger partial charge in [0.15, 0.2) is 0 Å². The van der Waals surface area contributed by atoms with Crippen molar-refractivity contribution in [2.45, 2.75) is 62.7 Å². The van der Waals surface area contributed by atoms with Crippen molar-refractivity contribution < 1.29 is 48.9 Å². The fraction of sp³-hybridized carbons (Fsp3) is 0.611. The molecule has 184 valence electrons. The molecule has 0 saturated carbocycles. The third-order valence-electron chi connectivity index (χ3n) is 4.86. The van der Waals surface area contributed by atoms with E-state index in [4.69, 9.17) is 21.7 Å². The average molecular weight is 473 g/mol. The molecular formula is C18H27N5O10. The van der Waals surface area contributed by atoms with E-state index in [9.17, 15) is 38.7 Å². The number of likely N-dealkylation sites (tertiary alicyclic amines) is 1. The van der Waals surface area contributed by atoms with Gasteiger partial charge in [-0.2, -0.15) is 0 Å². The second kappa shape index (κ2) is 12.3. The summed E-state index contributed by atoms with van der Waals surface area (Å²) in [5.41, 5.74) is 10.7. The summed E-state index contributed by atoms with van der Waals surface area (Å²) in [6, 6.07) is -5.83. The maximum absolute atomic E-state index is 12.8. The Hall–Kier alpha value is -3.75. The Kier molecular flexibility index (Phi) is 10.2. The molecule has 1 heterocycles. The third-order valence-corrected chi connectivity index (χ3v) is 4.86. The molecule has 1 rings (SSSR count). The second-order valence-corrected chi connectivity index (χ2v) is 7.46. The predicted octanol–water partition coefficient (Wildman–Crippen LogP) is -3.43. The van der Waals surface area contributed by atoms with Crippen LogP contribution in [0.3, 0.4) is 0 Å². The molecule has 0 bridgehead atoms. The minimum atomic E-state index is -1.72. The van der Waals surface area contributed by atoms with E-state index in [0.717, 1.165) is 4.90 Å². The summed E-state index contributed by atoms with van der Waals surface area (Å²) >= 11 is 0. The molecule has 0 aromatic carbocycles. The molecule has 0 unspecified atom stereocenters. The lowest BCUT2D eigenvalue weighted by atomic mass is 10.1. The van der Waals surface area contributed by atoms with Crippen molar-refractivity contribution in [3.05, 3.63) is 0 Å². The van der Waals surface area contributed by atoms with Gasteiger partial charge in [-0.3, -0.25) is 28.8 Å².